The van der Waals surface area contributed by atoms with Crippen LogP contribution in [0.3, 0.4) is 0 Å². The molecule has 2 atom stereocenters. The first-order valence-corrected chi connectivity index (χ1v) is 32.0. The maximum Gasteiger partial charge on any atom is 0.164 e. The minimum Gasteiger partial charge on any atom is -0.309 e. The molecule has 94 heavy (non-hydrogen) atoms. The standard InChI is InChI=1S/C86H54N8/c1-5-19-55(20-6-1)81-87-83(57-37-33-53(34-38-57)59-43-47-77-71(49-59)65-27-15-17-31-75(65)93(77)63-23-9-3-10-24-63)91-85(89-81)61-41-45-69-73(51-61)79-67-29-13-14-30-68(67)80(69)74-52-62(42-46-70(74)79)86-90-82(56-21-7-2-8-22-56)88-84(92-86)58-39-35-54(36-40-58)60-44-48-78-72(50-60)66-28-16-18-32-76(66)94(78)64-25-11-4-12-26-64/h1-52,79-80H. The van der Waals surface area contributed by atoms with Crippen LogP contribution >= 0.6 is 0 Å². The van der Waals surface area contributed by atoms with Crippen molar-refractivity contribution in [2.45, 2.75) is 11.8 Å². The second-order valence-corrected chi connectivity index (χ2v) is 24.5. The van der Waals surface area contributed by atoms with E-state index in [-0.39, 0.29) is 11.8 Å². The first-order valence-electron chi connectivity index (χ1n) is 32.0. The molecule has 0 aliphatic heterocycles. The van der Waals surface area contributed by atoms with Crippen LogP contribution in [0.1, 0.15) is 45.2 Å². The number of fused-ring (bicyclic) bond motifs is 6. The average Bonchev–Trinajstić information content (AvgIpc) is 0.915. The summed E-state index contributed by atoms with van der Waals surface area (Å²) >= 11 is 0. The molecule has 4 heterocycles. The van der Waals surface area contributed by atoms with E-state index in [0.29, 0.717) is 34.9 Å². The molecule has 13 aromatic carbocycles. The van der Waals surface area contributed by atoms with E-state index in [1.807, 2.05) is 36.4 Å². The maximum absolute atomic E-state index is 5.31. The molecule has 438 valence electrons. The highest BCUT2D eigenvalue weighted by molar-refractivity contribution is 6.11. The molecule has 17 aromatic rings. The lowest BCUT2D eigenvalue weighted by molar-refractivity contribution is 0.754. The fourth-order valence-corrected chi connectivity index (χ4v) is 14.8. The zero-order chi connectivity index (χ0) is 61.8. The summed E-state index contributed by atoms with van der Waals surface area (Å²) in [4.78, 5) is 31.5. The van der Waals surface area contributed by atoms with Gasteiger partial charge in [-0.15, -0.1) is 0 Å². The number of benzene rings is 13. The summed E-state index contributed by atoms with van der Waals surface area (Å²) in [6, 6.07) is 112. The molecule has 20 rings (SSSR count). The van der Waals surface area contributed by atoms with Gasteiger partial charge in [0.1, 0.15) is 0 Å². The van der Waals surface area contributed by atoms with Gasteiger partial charge in [0.05, 0.1) is 22.1 Å². The molecule has 0 saturated heterocycles. The average molecular weight is 1200 g/mol. The van der Waals surface area contributed by atoms with Crippen molar-refractivity contribution in [3.8, 4) is 102 Å². The molecule has 0 amide bonds. The van der Waals surface area contributed by atoms with Crippen molar-refractivity contribution in [3.05, 3.63) is 349 Å². The molecule has 4 aromatic heterocycles. The Hall–Kier alpha value is -12.5. The van der Waals surface area contributed by atoms with Gasteiger partial charge in [-0.1, -0.05) is 243 Å². The first kappa shape index (κ1) is 53.3. The molecule has 0 fully saturated rings. The smallest absolute Gasteiger partial charge is 0.164 e. The van der Waals surface area contributed by atoms with E-state index >= 15 is 0 Å². The van der Waals surface area contributed by atoms with Crippen molar-refractivity contribution >= 4 is 43.6 Å². The van der Waals surface area contributed by atoms with E-state index in [0.717, 1.165) is 67.0 Å². The van der Waals surface area contributed by atoms with E-state index < -0.39 is 0 Å². The van der Waals surface area contributed by atoms with Crippen LogP contribution in [0.4, 0.5) is 0 Å². The van der Waals surface area contributed by atoms with Crippen molar-refractivity contribution in [3.63, 3.8) is 0 Å². The topological polar surface area (TPSA) is 87.2 Å². The molecular formula is C86H54N8. The van der Waals surface area contributed by atoms with Crippen LogP contribution in [0.25, 0.3) is 146 Å². The zero-order valence-corrected chi connectivity index (χ0v) is 50.8. The highest BCUT2D eigenvalue weighted by Gasteiger charge is 2.42. The van der Waals surface area contributed by atoms with E-state index in [1.54, 1.807) is 0 Å². The Labute approximate surface area is 542 Å². The third-order valence-corrected chi connectivity index (χ3v) is 19.2. The number of hydrogen-bond donors (Lipinski definition) is 0. The summed E-state index contributed by atoms with van der Waals surface area (Å²) in [7, 11) is 0. The van der Waals surface area contributed by atoms with Crippen molar-refractivity contribution < 1.29 is 0 Å². The van der Waals surface area contributed by atoms with Crippen LogP contribution in [0, 0.1) is 0 Å². The predicted molar refractivity (Wildman–Crippen MR) is 380 cm³/mol. The van der Waals surface area contributed by atoms with Crippen LogP contribution < -0.4 is 0 Å². The van der Waals surface area contributed by atoms with Gasteiger partial charge in [0, 0.05) is 78.1 Å². The Kier molecular flexibility index (Phi) is 12.2. The SMILES string of the molecule is c1ccc(-c2nc(-c3ccc(-c4ccc5c(c4)c4ccccc4n5-c4ccccc4)cc3)nc(-c3ccc4c(c3)C3c5ccccc5C4c4cc(-c5nc(-c6ccccc6)nc(-c6ccc(-c7ccc8c(c7)c7ccccc7n8-c7ccccc7)cc6)n5)ccc43)n2)cc1. The van der Waals surface area contributed by atoms with Gasteiger partial charge in [-0.05, 0) is 128 Å². The van der Waals surface area contributed by atoms with E-state index in [2.05, 4.69) is 288 Å². The largest absolute Gasteiger partial charge is 0.309 e. The van der Waals surface area contributed by atoms with Gasteiger partial charge in [-0.3, -0.25) is 0 Å². The Morgan fingerprint density at radius 3 is 0.851 bits per heavy atom. The summed E-state index contributed by atoms with van der Waals surface area (Å²) in [6.45, 7) is 0. The highest BCUT2D eigenvalue weighted by Crippen LogP contribution is 2.57. The van der Waals surface area contributed by atoms with Gasteiger partial charge in [0.25, 0.3) is 0 Å². The van der Waals surface area contributed by atoms with E-state index in [9.17, 15) is 0 Å². The van der Waals surface area contributed by atoms with Crippen LogP contribution in [0.5, 0.6) is 0 Å². The number of hydrogen-bond acceptors (Lipinski definition) is 6. The number of aromatic nitrogens is 8. The van der Waals surface area contributed by atoms with Crippen LogP contribution in [-0.4, -0.2) is 39.0 Å². The van der Waals surface area contributed by atoms with Crippen molar-refractivity contribution in [1.82, 2.24) is 39.0 Å². The van der Waals surface area contributed by atoms with Gasteiger partial charge < -0.3 is 9.13 Å². The zero-order valence-electron chi connectivity index (χ0n) is 50.8. The summed E-state index contributed by atoms with van der Waals surface area (Å²) in [5.41, 5.74) is 24.8. The first-order chi connectivity index (χ1) is 46.6. The molecule has 8 heteroatoms. The molecule has 0 saturated carbocycles. The number of para-hydroxylation sites is 4. The Bertz CT molecular complexity index is 5480. The van der Waals surface area contributed by atoms with Crippen molar-refractivity contribution in [1.29, 1.82) is 0 Å². The van der Waals surface area contributed by atoms with Crippen LogP contribution in [0.15, 0.2) is 315 Å². The van der Waals surface area contributed by atoms with E-state index in [1.165, 1.54) is 77.0 Å². The maximum atomic E-state index is 5.31. The fraction of sp³-hybridized carbons (Fsp3) is 0.0233. The quantitative estimate of drug-likeness (QED) is 0.136. The summed E-state index contributed by atoms with van der Waals surface area (Å²) in [6.07, 6.45) is 0. The normalized spacial score (nSPS) is 13.7. The Morgan fingerprint density at radius 2 is 0.457 bits per heavy atom. The lowest BCUT2D eigenvalue weighted by Crippen LogP contribution is -2.27. The van der Waals surface area contributed by atoms with Crippen LogP contribution in [-0.2, 0) is 0 Å². The third kappa shape index (κ3) is 8.75. The van der Waals surface area contributed by atoms with Crippen LogP contribution in [0.2, 0.25) is 0 Å². The summed E-state index contributed by atoms with van der Waals surface area (Å²) in [5, 5.41) is 4.87. The molecule has 0 spiro atoms. The molecule has 3 aliphatic rings. The molecule has 3 aliphatic carbocycles. The van der Waals surface area contributed by atoms with Gasteiger partial charge in [0.2, 0.25) is 0 Å². The minimum absolute atomic E-state index is 0.0210. The second kappa shape index (κ2) is 21.6. The highest BCUT2D eigenvalue weighted by atomic mass is 15.0. The second-order valence-electron chi connectivity index (χ2n) is 24.5. The molecular weight excluding hydrogens is 1150 g/mol. The predicted octanol–water partition coefficient (Wildman–Crippen LogP) is 20.6. The lowest BCUT2D eigenvalue weighted by Gasteiger charge is -2.42. The summed E-state index contributed by atoms with van der Waals surface area (Å²) in [5.74, 6) is 3.69. The summed E-state index contributed by atoms with van der Waals surface area (Å²) < 4.78 is 4.71. The Balaban J connectivity index is 0.664. The minimum atomic E-state index is -0.0210. The fourth-order valence-electron chi connectivity index (χ4n) is 14.8. The molecule has 0 N–H and O–H groups in total. The van der Waals surface area contributed by atoms with E-state index in [4.69, 9.17) is 29.9 Å². The number of rotatable bonds is 10. The Morgan fingerprint density at radius 1 is 0.181 bits per heavy atom. The number of nitrogens with zero attached hydrogens (tertiary/aromatic N) is 8. The van der Waals surface area contributed by atoms with Gasteiger partial charge in [-0.25, -0.2) is 29.9 Å². The van der Waals surface area contributed by atoms with Gasteiger partial charge >= 0.3 is 0 Å². The monoisotopic (exact) mass is 1200 g/mol. The molecule has 0 radical (unpaired) electrons. The van der Waals surface area contributed by atoms with Crippen molar-refractivity contribution in [2.75, 3.05) is 0 Å². The third-order valence-electron chi connectivity index (χ3n) is 19.2. The van der Waals surface area contributed by atoms with Gasteiger partial charge in [0.15, 0.2) is 34.9 Å². The lowest BCUT2D eigenvalue weighted by atomic mass is 9.61. The van der Waals surface area contributed by atoms with Crippen molar-refractivity contribution in [2.24, 2.45) is 0 Å². The van der Waals surface area contributed by atoms with Gasteiger partial charge in [-0.2, -0.15) is 0 Å². The molecule has 8 nitrogen and oxygen atoms in total. The molecule has 2 unspecified atom stereocenters. The molecule has 2 bridgehead atoms.